The highest BCUT2D eigenvalue weighted by molar-refractivity contribution is 5.79. The van der Waals surface area contributed by atoms with Crippen molar-refractivity contribution in [3.05, 3.63) is 60.2 Å². The number of phenolic OH excluding ortho intramolecular Hbond substituents is 1. The Labute approximate surface area is 95.2 Å². The molecule has 0 heterocycles. The van der Waals surface area contributed by atoms with Crippen LogP contribution in [0.1, 0.15) is 12.5 Å². The number of benzene rings is 1. The first-order valence-corrected chi connectivity index (χ1v) is 4.93. The first kappa shape index (κ1) is 12.0. The quantitative estimate of drug-likeness (QED) is 0.475. The second-order valence-electron chi connectivity index (χ2n) is 3.39. The van der Waals surface area contributed by atoms with Crippen LogP contribution in [-0.2, 0) is 4.79 Å². The minimum atomic E-state index is 0.242. The molecule has 82 valence electrons. The fourth-order valence-corrected chi connectivity index (χ4v) is 1.20. The molecule has 0 aliphatic heterocycles. The van der Waals surface area contributed by atoms with Gasteiger partial charge in [-0.1, -0.05) is 36.9 Å². The Kier molecular flexibility index (Phi) is 4.28. The van der Waals surface area contributed by atoms with Gasteiger partial charge in [0.15, 0.2) is 0 Å². The van der Waals surface area contributed by atoms with Gasteiger partial charge >= 0.3 is 0 Å². The fourth-order valence-electron chi connectivity index (χ4n) is 1.20. The molecule has 0 spiro atoms. The summed E-state index contributed by atoms with van der Waals surface area (Å²) in [6, 6.07) is 6.90. The monoisotopic (exact) mass is 214 g/mol. The number of aromatic hydroxyl groups is 1. The van der Waals surface area contributed by atoms with Crippen LogP contribution in [0.4, 0.5) is 0 Å². The summed E-state index contributed by atoms with van der Waals surface area (Å²) in [7, 11) is 0. The molecule has 0 aromatic heterocycles. The highest BCUT2D eigenvalue weighted by Gasteiger charge is 1.94. The van der Waals surface area contributed by atoms with Crippen LogP contribution in [0.2, 0.25) is 0 Å². The third-order valence-corrected chi connectivity index (χ3v) is 2.22. The van der Waals surface area contributed by atoms with Crippen molar-refractivity contribution in [1.29, 1.82) is 0 Å². The Morgan fingerprint density at radius 1 is 1.25 bits per heavy atom. The van der Waals surface area contributed by atoms with Crippen molar-refractivity contribution in [2.45, 2.75) is 6.92 Å². The molecule has 2 nitrogen and oxygen atoms in total. The number of hydrogen-bond donors (Lipinski definition) is 1. The van der Waals surface area contributed by atoms with Crippen LogP contribution in [0.25, 0.3) is 5.57 Å². The summed E-state index contributed by atoms with van der Waals surface area (Å²) in [4.78, 5) is 10.5. The molecule has 0 bridgehead atoms. The third kappa shape index (κ3) is 3.24. The summed E-state index contributed by atoms with van der Waals surface area (Å²) in [6.45, 7) is 5.47. The first-order valence-electron chi connectivity index (χ1n) is 4.93. The van der Waals surface area contributed by atoms with Crippen molar-refractivity contribution >= 4 is 11.9 Å². The van der Waals surface area contributed by atoms with Gasteiger partial charge in [0.25, 0.3) is 0 Å². The molecule has 2 heteroatoms. The second-order valence-corrected chi connectivity index (χ2v) is 3.39. The van der Waals surface area contributed by atoms with Crippen molar-refractivity contribution in [3.8, 4) is 5.75 Å². The van der Waals surface area contributed by atoms with Crippen molar-refractivity contribution in [1.82, 2.24) is 0 Å². The lowest BCUT2D eigenvalue weighted by molar-refractivity contribution is -0.104. The van der Waals surface area contributed by atoms with Crippen LogP contribution < -0.4 is 0 Å². The Morgan fingerprint density at radius 3 is 2.38 bits per heavy atom. The average molecular weight is 214 g/mol. The predicted octanol–water partition coefficient (Wildman–Crippen LogP) is 3.11. The van der Waals surface area contributed by atoms with Gasteiger partial charge in [-0.15, -0.1) is 0 Å². The molecule has 0 aliphatic rings. The molecular formula is C14H14O2. The van der Waals surface area contributed by atoms with E-state index in [0.717, 1.165) is 17.4 Å². The second kappa shape index (κ2) is 5.71. The lowest BCUT2D eigenvalue weighted by Gasteiger charge is -2.00. The summed E-state index contributed by atoms with van der Waals surface area (Å²) in [6.07, 6.45) is 5.82. The number of hydrogen-bond acceptors (Lipinski definition) is 2. The van der Waals surface area contributed by atoms with E-state index in [1.165, 1.54) is 6.08 Å². The molecule has 0 aliphatic carbocycles. The Bertz CT molecular complexity index is 426. The van der Waals surface area contributed by atoms with E-state index in [1.54, 1.807) is 18.2 Å². The number of carbonyl (C=O) groups is 1. The molecule has 16 heavy (non-hydrogen) atoms. The van der Waals surface area contributed by atoms with E-state index in [1.807, 2.05) is 25.1 Å². The topological polar surface area (TPSA) is 37.3 Å². The summed E-state index contributed by atoms with van der Waals surface area (Å²) in [5.74, 6) is 0.242. The number of aldehydes is 1. The zero-order chi connectivity index (χ0) is 12.0. The molecule has 0 saturated heterocycles. The molecule has 0 saturated carbocycles. The molecule has 0 amide bonds. The van der Waals surface area contributed by atoms with Gasteiger partial charge in [0.05, 0.1) is 0 Å². The van der Waals surface area contributed by atoms with Gasteiger partial charge in [-0.25, -0.2) is 0 Å². The van der Waals surface area contributed by atoms with Crippen LogP contribution in [0.3, 0.4) is 0 Å². The maximum atomic E-state index is 10.5. The predicted molar refractivity (Wildman–Crippen MR) is 66.1 cm³/mol. The van der Waals surface area contributed by atoms with Crippen molar-refractivity contribution in [3.63, 3.8) is 0 Å². The van der Waals surface area contributed by atoms with Gasteiger partial charge in [0.1, 0.15) is 12.0 Å². The van der Waals surface area contributed by atoms with Crippen molar-refractivity contribution in [2.75, 3.05) is 0 Å². The van der Waals surface area contributed by atoms with Gasteiger partial charge < -0.3 is 5.11 Å². The fraction of sp³-hybridized carbons (Fsp3) is 0.0714. The van der Waals surface area contributed by atoms with Gasteiger partial charge in [-0.3, -0.25) is 4.79 Å². The highest BCUT2D eigenvalue weighted by atomic mass is 16.3. The van der Waals surface area contributed by atoms with Crippen LogP contribution in [0.15, 0.2) is 54.6 Å². The summed E-state index contributed by atoms with van der Waals surface area (Å²) in [5, 5.41) is 9.14. The molecule has 0 atom stereocenters. The number of phenols is 1. The minimum Gasteiger partial charge on any atom is -0.508 e. The molecule has 1 rings (SSSR count). The molecule has 0 radical (unpaired) electrons. The third-order valence-electron chi connectivity index (χ3n) is 2.22. The normalized spacial score (nSPS) is 12.3. The molecular weight excluding hydrogens is 200 g/mol. The zero-order valence-corrected chi connectivity index (χ0v) is 9.18. The molecule has 1 aromatic rings. The number of carbonyl (C=O) groups excluding carboxylic acids is 1. The molecule has 0 fully saturated rings. The Balaban J connectivity index is 2.93. The largest absolute Gasteiger partial charge is 0.508 e. The Morgan fingerprint density at radius 2 is 1.88 bits per heavy atom. The summed E-state index contributed by atoms with van der Waals surface area (Å²) < 4.78 is 0. The SMILES string of the molecule is C=C/C(C=O)=C\C=C(/C)c1ccc(O)cc1. The van der Waals surface area contributed by atoms with E-state index < -0.39 is 0 Å². The van der Waals surface area contributed by atoms with Crippen LogP contribution >= 0.6 is 0 Å². The minimum absolute atomic E-state index is 0.242. The summed E-state index contributed by atoms with van der Waals surface area (Å²) in [5.41, 5.74) is 2.56. The van der Waals surface area contributed by atoms with E-state index in [4.69, 9.17) is 5.11 Å². The average Bonchev–Trinajstić information content (AvgIpc) is 2.31. The van der Waals surface area contributed by atoms with E-state index >= 15 is 0 Å². The molecule has 1 aromatic carbocycles. The van der Waals surface area contributed by atoms with Gasteiger partial charge in [-0.2, -0.15) is 0 Å². The molecule has 0 unspecified atom stereocenters. The van der Waals surface area contributed by atoms with E-state index in [2.05, 4.69) is 6.58 Å². The van der Waals surface area contributed by atoms with E-state index in [0.29, 0.717) is 5.57 Å². The smallest absolute Gasteiger partial charge is 0.150 e. The van der Waals surface area contributed by atoms with Crippen LogP contribution in [0, 0.1) is 0 Å². The van der Waals surface area contributed by atoms with E-state index in [-0.39, 0.29) is 5.75 Å². The molecule has 1 N–H and O–H groups in total. The zero-order valence-electron chi connectivity index (χ0n) is 9.18. The lowest BCUT2D eigenvalue weighted by atomic mass is 10.1. The first-order chi connectivity index (χ1) is 7.67. The maximum Gasteiger partial charge on any atom is 0.150 e. The summed E-state index contributed by atoms with van der Waals surface area (Å²) >= 11 is 0. The van der Waals surface area contributed by atoms with Gasteiger partial charge in [0.2, 0.25) is 0 Å². The van der Waals surface area contributed by atoms with Crippen LogP contribution in [-0.4, -0.2) is 11.4 Å². The van der Waals surface area contributed by atoms with Gasteiger partial charge in [0, 0.05) is 5.57 Å². The maximum absolute atomic E-state index is 10.5. The number of rotatable bonds is 4. The van der Waals surface area contributed by atoms with Crippen molar-refractivity contribution in [2.24, 2.45) is 0 Å². The Hall–Kier alpha value is -2.09. The van der Waals surface area contributed by atoms with Gasteiger partial charge in [-0.05, 0) is 30.2 Å². The van der Waals surface area contributed by atoms with E-state index in [9.17, 15) is 4.79 Å². The van der Waals surface area contributed by atoms with Crippen LogP contribution in [0.5, 0.6) is 5.75 Å². The van der Waals surface area contributed by atoms with Crippen molar-refractivity contribution < 1.29 is 9.90 Å². The highest BCUT2D eigenvalue weighted by Crippen LogP contribution is 2.17. The standard InChI is InChI=1S/C14H14O2/c1-3-12(10-15)5-4-11(2)13-6-8-14(16)9-7-13/h3-10,16H,1H2,2H3/b11-4+,12-5+. The number of allylic oxidation sites excluding steroid dienone is 5. The lowest BCUT2D eigenvalue weighted by Crippen LogP contribution is -1.80.